The van der Waals surface area contributed by atoms with E-state index in [1.165, 1.54) is 4.90 Å². The minimum Gasteiger partial charge on any atom is -0.353 e. The molecule has 1 aliphatic carbocycles. The van der Waals surface area contributed by atoms with Gasteiger partial charge in [-0.2, -0.15) is 0 Å². The molecule has 0 aromatic heterocycles. The fourth-order valence-corrected chi connectivity index (χ4v) is 2.71. The second-order valence-electron chi connectivity index (χ2n) is 4.44. The van der Waals surface area contributed by atoms with Gasteiger partial charge in [0.2, 0.25) is 5.91 Å². The molecule has 1 aliphatic rings. The molecule has 2 unspecified atom stereocenters. The average Bonchev–Trinajstić information content (AvgIpc) is 2.97. The van der Waals surface area contributed by atoms with Crippen LogP contribution >= 0.6 is 27.7 Å². The quantitative estimate of drug-likeness (QED) is 0.843. The Labute approximate surface area is 115 Å². The van der Waals surface area contributed by atoms with Crippen LogP contribution in [0.2, 0.25) is 0 Å². The van der Waals surface area contributed by atoms with Crippen LogP contribution in [0.15, 0.2) is 33.6 Å². The summed E-state index contributed by atoms with van der Waals surface area (Å²) in [6.45, 7) is 2.17. The van der Waals surface area contributed by atoms with E-state index in [0.29, 0.717) is 18.4 Å². The Morgan fingerprint density at radius 2 is 2.12 bits per heavy atom. The normalized spacial score (nSPS) is 22.2. The van der Waals surface area contributed by atoms with Crippen LogP contribution in [-0.2, 0) is 4.79 Å². The van der Waals surface area contributed by atoms with E-state index in [-0.39, 0.29) is 5.91 Å². The Bertz CT molecular complexity index is 393. The zero-order chi connectivity index (χ0) is 12.3. The third-order valence-corrected chi connectivity index (χ3v) is 4.41. The summed E-state index contributed by atoms with van der Waals surface area (Å²) in [6.07, 6.45) is 1.75. The first kappa shape index (κ1) is 13.0. The number of amides is 1. The molecule has 1 fully saturated rings. The summed E-state index contributed by atoms with van der Waals surface area (Å²) >= 11 is 5.13. The Morgan fingerprint density at radius 3 is 2.71 bits per heavy atom. The standard InChI is InChI=1S/C13H16BrNOS/c1-9-8-12(9)15-13(16)6-7-17-11-4-2-10(14)3-5-11/h2-5,9,12H,6-8H2,1H3,(H,15,16). The van der Waals surface area contributed by atoms with Gasteiger partial charge in [0.05, 0.1) is 0 Å². The van der Waals surface area contributed by atoms with Crippen LogP contribution in [0.1, 0.15) is 19.8 Å². The van der Waals surface area contributed by atoms with Crippen molar-refractivity contribution in [1.29, 1.82) is 0 Å². The number of nitrogens with one attached hydrogen (secondary N) is 1. The van der Waals surface area contributed by atoms with Crippen molar-refractivity contribution in [3.05, 3.63) is 28.7 Å². The number of hydrogen-bond donors (Lipinski definition) is 1. The van der Waals surface area contributed by atoms with Crippen molar-refractivity contribution in [2.24, 2.45) is 5.92 Å². The molecule has 1 aromatic carbocycles. The summed E-state index contributed by atoms with van der Waals surface area (Å²) in [5.74, 6) is 1.70. The molecule has 4 heteroatoms. The van der Waals surface area contributed by atoms with Gasteiger partial charge in [-0.25, -0.2) is 0 Å². The van der Waals surface area contributed by atoms with Crippen LogP contribution in [0.5, 0.6) is 0 Å². The average molecular weight is 314 g/mol. The molecular weight excluding hydrogens is 298 g/mol. The van der Waals surface area contributed by atoms with Crippen LogP contribution in [0.25, 0.3) is 0 Å². The van der Waals surface area contributed by atoms with Crippen molar-refractivity contribution in [2.45, 2.75) is 30.7 Å². The zero-order valence-corrected chi connectivity index (χ0v) is 12.2. The molecule has 0 bridgehead atoms. The maximum atomic E-state index is 11.6. The van der Waals surface area contributed by atoms with E-state index >= 15 is 0 Å². The fourth-order valence-electron chi connectivity index (χ4n) is 1.59. The lowest BCUT2D eigenvalue weighted by atomic mass is 10.4. The van der Waals surface area contributed by atoms with E-state index in [4.69, 9.17) is 0 Å². The highest BCUT2D eigenvalue weighted by molar-refractivity contribution is 9.10. The Kier molecular flexibility index (Phi) is 4.51. The summed E-state index contributed by atoms with van der Waals surface area (Å²) in [5.41, 5.74) is 0. The zero-order valence-electron chi connectivity index (χ0n) is 9.78. The lowest BCUT2D eigenvalue weighted by Gasteiger charge is -2.04. The first-order chi connectivity index (χ1) is 8.15. The molecule has 0 saturated heterocycles. The number of carbonyl (C=O) groups is 1. The largest absolute Gasteiger partial charge is 0.353 e. The molecule has 2 rings (SSSR count). The van der Waals surface area contributed by atoms with Gasteiger partial charge in [0.1, 0.15) is 0 Å². The lowest BCUT2D eigenvalue weighted by Crippen LogP contribution is -2.26. The summed E-state index contributed by atoms with van der Waals surface area (Å²) in [5, 5.41) is 3.04. The number of thioether (sulfide) groups is 1. The highest BCUT2D eigenvalue weighted by Crippen LogP contribution is 2.29. The van der Waals surface area contributed by atoms with Gasteiger partial charge >= 0.3 is 0 Å². The van der Waals surface area contributed by atoms with Gasteiger partial charge in [0.15, 0.2) is 0 Å². The molecule has 1 N–H and O–H groups in total. The number of hydrogen-bond acceptors (Lipinski definition) is 2. The minimum atomic E-state index is 0.184. The number of benzene rings is 1. The predicted molar refractivity (Wildman–Crippen MR) is 75.2 cm³/mol. The Hall–Kier alpha value is -0.480. The monoisotopic (exact) mass is 313 g/mol. The van der Waals surface area contributed by atoms with Gasteiger partial charge in [-0.15, -0.1) is 11.8 Å². The van der Waals surface area contributed by atoms with Crippen LogP contribution in [-0.4, -0.2) is 17.7 Å². The molecule has 17 heavy (non-hydrogen) atoms. The number of rotatable bonds is 5. The van der Waals surface area contributed by atoms with Crippen molar-refractivity contribution in [2.75, 3.05) is 5.75 Å². The first-order valence-electron chi connectivity index (χ1n) is 5.83. The molecule has 2 nitrogen and oxygen atoms in total. The summed E-state index contributed by atoms with van der Waals surface area (Å²) < 4.78 is 1.09. The smallest absolute Gasteiger partial charge is 0.221 e. The van der Waals surface area contributed by atoms with E-state index in [9.17, 15) is 4.79 Å². The molecule has 92 valence electrons. The Morgan fingerprint density at radius 1 is 1.47 bits per heavy atom. The molecule has 2 atom stereocenters. The highest BCUT2D eigenvalue weighted by Gasteiger charge is 2.33. The van der Waals surface area contributed by atoms with Gasteiger partial charge in [-0.1, -0.05) is 22.9 Å². The summed E-state index contributed by atoms with van der Waals surface area (Å²) in [7, 11) is 0. The Balaban J connectivity index is 1.65. The molecule has 1 saturated carbocycles. The SMILES string of the molecule is CC1CC1NC(=O)CCSc1ccc(Br)cc1. The van der Waals surface area contributed by atoms with Gasteiger partial charge in [0, 0.05) is 27.6 Å². The maximum absolute atomic E-state index is 11.6. The fraction of sp³-hybridized carbons (Fsp3) is 0.462. The van der Waals surface area contributed by atoms with Crippen molar-refractivity contribution in [3.63, 3.8) is 0 Å². The van der Waals surface area contributed by atoms with Crippen LogP contribution < -0.4 is 5.32 Å². The van der Waals surface area contributed by atoms with Gasteiger partial charge in [0.25, 0.3) is 0 Å². The van der Waals surface area contributed by atoms with Crippen molar-refractivity contribution >= 4 is 33.6 Å². The third-order valence-electron chi connectivity index (χ3n) is 2.87. The summed E-state index contributed by atoms with van der Waals surface area (Å²) in [4.78, 5) is 12.8. The van der Waals surface area contributed by atoms with Gasteiger partial charge in [-0.05, 0) is 36.6 Å². The van der Waals surface area contributed by atoms with E-state index in [1.54, 1.807) is 11.8 Å². The van der Waals surface area contributed by atoms with Gasteiger partial charge in [-0.3, -0.25) is 4.79 Å². The van der Waals surface area contributed by atoms with Crippen molar-refractivity contribution in [3.8, 4) is 0 Å². The molecule has 0 heterocycles. The van der Waals surface area contributed by atoms with E-state index in [1.807, 2.05) is 12.1 Å². The number of carbonyl (C=O) groups excluding carboxylic acids is 1. The van der Waals surface area contributed by atoms with E-state index in [0.717, 1.165) is 16.6 Å². The van der Waals surface area contributed by atoms with Crippen LogP contribution in [0, 0.1) is 5.92 Å². The second kappa shape index (κ2) is 5.91. The molecule has 0 aliphatic heterocycles. The van der Waals surface area contributed by atoms with Crippen molar-refractivity contribution in [1.82, 2.24) is 5.32 Å². The molecular formula is C13H16BrNOS. The van der Waals surface area contributed by atoms with Crippen LogP contribution in [0.3, 0.4) is 0 Å². The topological polar surface area (TPSA) is 29.1 Å². The predicted octanol–water partition coefficient (Wildman–Crippen LogP) is 3.46. The van der Waals surface area contributed by atoms with E-state index in [2.05, 4.69) is 40.3 Å². The highest BCUT2D eigenvalue weighted by atomic mass is 79.9. The molecule has 0 spiro atoms. The second-order valence-corrected chi connectivity index (χ2v) is 6.52. The van der Waals surface area contributed by atoms with Crippen molar-refractivity contribution < 1.29 is 4.79 Å². The molecule has 1 amide bonds. The minimum absolute atomic E-state index is 0.184. The first-order valence-corrected chi connectivity index (χ1v) is 7.61. The third kappa shape index (κ3) is 4.36. The lowest BCUT2D eigenvalue weighted by molar-refractivity contribution is -0.120. The van der Waals surface area contributed by atoms with Crippen LogP contribution in [0.4, 0.5) is 0 Å². The summed E-state index contributed by atoms with van der Waals surface area (Å²) in [6, 6.07) is 8.62. The number of halogens is 1. The molecule has 0 radical (unpaired) electrons. The van der Waals surface area contributed by atoms with Gasteiger partial charge < -0.3 is 5.32 Å². The molecule has 1 aromatic rings. The maximum Gasteiger partial charge on any atom is 0.221 e. The van der Waals surface area contributed by atoms with E-state index < -0.39 is 0 Å².